The summed E-state index contributed by atoms with van der Waals surface area (Å²) in [7, 11) is -1.89. The van der Waals surface area contributed by atoms with E-state index in [0.717, 1.165) is 0 Å². The molecular formula is C12H21N3O3S. The van der Waals surface area contributed by atoms with Gasteiger partial charge < -0.3 is 4.57 Å². The first-order valence-corrected chi connectivity index (χ1v) is 7.66. The van der Waals surface area contributed by atoms with Gasteiger partial charge in [0, 0.05) is 38.4 Å². The van der Waals surface area contributed by atoms with Gasteiger partial charge in [0.25, 0.3) is 10.2 Å². The van der Waals surface area contributed by atoms with Crippen molar-refractivity contribution in [2.24, 2.45) is 0 Å². The molecule has 0 bridgehead atoms. The smallest absolute Gasteiger partial charge is 0.279 e. The third-order valence-electron chi connectivity index (χ3n) is 2.87. The first kappa shape index (κ1) is 15.9. The van der Waals surface area contributed by atoms with Crippen LogP contribution in [-0.4, -0.2) is 36.9 Å². The molecule has 1 heterocycles. The lowest BCUT2D eigenvalue weighted by Gasteiger charge is -2.21. The van der Waals surface area contributed by atoms with E-state index < -0.39 is 10.2 Å². The van der Waals surface area contributed by atoms with Gasteiger partial charge in [-0.1, -0.05) is 6.07 Å². The number of hydrogen-bond donors (Lipinski definition) is 1. The van der Waals surface area contributed by atoms with Crippen molar-refractivity contribution in [3.05, 3.63) is 34.7 Å². The number of pyridine rings is 1. The lowest BCUT2D eigenvalue weighted by Crippen LogP contribution is -2.42. The van der Waals surface area contributed by atoms with Gasteiger partial charge in [-0.25, -0.2) is 4.72 Å². The van der Waals surface area contributed by atoms with E-state index in [2.05, 4.69) is 4.72 Å². The van der Waals surface area contributed by atoms with Gasteiger partial charge in [-0.2, -0.15) is 12.7 Å². The normalized spacial score (nSPS) is 12.3. The molecule has 1 aromatic heterocycles. The Morgan fingerprint density at radius 2 is 2.05 bits per heavy atom. The summed E-state index contributed by atoms with van der Waals surface area (Å²) in [5, 5.41) is 0. The Balaban J connectivity index is 2.44. The van der Waals surface area contributed by atoms with Crippen LogP contribution in [0.5, 0.6) is 0 Å². The predicted molar refractivity (Wildman–Crippen MR) is 75.1 cm³/mol. The van der Waals surface area contributed by atoms with Crippen molar-refractivity contribution >= 4 is 10.2 Å². The molecule has 0 fully saturated rings. The van der Waals surface area contributed by atoms with Crippen LogP contribution in [0.1, 0.15) is 20.3 Å². The minimum Gasteiger partial charge on any atom is -0.315 e. The van der Waals surface area contributed by atoms with Crippen LogP contribution in [0.25, 0.3) is 0 Å². The summed E-state index contributed by atoms with van der Waals surface area (Å²) in [5.41, 5.74) is -0.0790. The summed E-state index contributed by atoms with van der Waals surface area (Å²) < 4.78 is 28.9. The van der Waals surface area contributed by atoms with Crippen LogP contribution in [-0.2, 0) is 16.8 Å². The number of nitrogens with one attached hydrogen (secondary N) is 1. The van der Waals surface area contributed by atoms with Crippen molar-refractivity contribution in [3.8, 4) is 0 Å². The molecule has 1 rings (SSSR count). The third kappa shape index (κ3) is 4.77. The topological polar surface area (TPSA) is 71.4 Å². The lowest BCUT2D eigenvalue weighted by atomic mass is 10.4. The van der Waals surface area contributed by atoms with Crippen LogP contribution in [0.15, 0.2) is 29.2 Å². The Morgan fingerprint density at radius 3 is 2.63 bits per heavy atom. The fourth-order valence-corrected chi connectivity index (χ4v) is 2.64. The molecule has 0 spiro atoms. The highest BCUT2D eigenvalue weighted by atomic mass is 32.2. The summed E-state index contributed by atoms with van der Waals surface area (Å²) in [6.45, 7) is 4.42. The number of aromatic nitrogens is 1. The molecule has 108 valence electrons. The molecule has 0 atom stereocenters. The second-order valence-corrected chi connectivity index (χ2v) is 6.41. The summed E-state index contributed by atoms with van der Waals surface area (Å²) in [6.07, 6.45) is 2.26. The van der Waals surface area contributed by atoms with E-state index in [0.29, 0.717) is 19.5 Å². The van der Waals surface area contributed by atoms with Gasteiger partial charge in [-0.3, -0.25) is 4.79 Å². The molecule has 0 unspecified atom stereocenters. The molecule has 1 aromatic rings. The van der Waals surface area contributed by atoms with Crippen molar-refractivity contribution < 1.29 is 8.42 Å². The van der Waals surface area contributed by atoms with Crippen LogP contribution in [0.4, 0.5) is 0 Å². The quantitative estimate of drug-likeness (QED) is 0.739. The minimum absolute atomic E-state index is 0.0790. The van der Waals surface area contributed by atoms with Crippen molar-refractivity contribution in [3.63, 3.8) is 0 Å². The molecule has 1 N–H and O–H groups in total. The van der Waals surface area contributed by atoms with E-state index in [1.165, 1.54) is 17.4 Å². The zero-order valence-electron chi connectivity index (χ0n) is 11.5. The molecule has 19 heavy (non-hydrogen) atoms. The maximum absolute atomic E-state index is 11.8. The van der Waals surface area contributed by atoms with Crippen molar-refractivity contribution in [2.45, 2.75) is 32.9 Å². The highest BCUT2D eigenvalue weighted by Crippen LogP contribution is 2.00. The van der Waals surface area contributed by atoms with Gasteiger partial charge in [-0.05, 0) is 26.3 Å². The fourth-order valence-electron chi connectivity index (χ4n) is 1.48. The Kier molecular flexibility index (Phi) is 5.71. The van der Waals surface area contributed by atoms with Gasteiger partial charge in [0.05, 0.1) is 0 Å². The summed E-state index contributed by atoms with van der Waals surface area (Å²) >= 11 is 0. The van der Waals surface area contributed by atoms with Crippen LogP contribution in [0.3, 0.4) is 0 Å². The monoisotopic (exact) mass is 287 g/mol. The van der Waals surface area contributed by atoms with Crippen LogP contribution < -0.4 is 10.3 Å². The van der Waals surface area contributed by atoms with E-state index in [4.69, 9.17) is 0 Å². The standard InChI is InChI=1S/C12H21N3O3S/c1-11(2)14(3)19(17,18)13-8-6-10-15-9-5-4-7-12(15)16/h4-5,7,9,11,13H,6,8,10H2,1-3H3. The molecule has 0 aliphatic rings. The molecule has 6 nitrogen and oxygen atoms in total. The lowest BCUT2D eigenvalue weighted by molar-refractivity contribution is 0.401. The molecular weight excluding hydrogens is 266 g/mol. The minimum atomic E-state index is -3.43. The summed E-state index contributed by atoms with van der Waals surface area (Å²) in [5.74, 6) is 0. The van der Waals surface area contributed by atoms with E-state index >= 15 is 0 Å². The molecule has 7 heteroatoms. The van der Waals surface area contributed by atoms with Gasteiger partial charge in [0.15, 0.2) is 0 Å². The Bertz CT molecular complexity index is 551. The van der Waals surface area contributed by atoms with Crippen molar-refractivity contribution in [1.29, 1.82) is 0 Å². The number of rotatable bonds is 7. The van der Waals surface area contributed by atoms with Gasteiger partial charge in [0.1, 0.15) is 0 Å². The molecule has 0 aliphatic carbocycles. The zero-order valence-corrected chi connectivity index (χ0v) is 12.4. The molecule has 0 saturated carbocycles. The van der Waals surface area contributed by atoms with E-state index in [1.54, 1.807) is 22.9 Å². The Labute approximate surface area is 114 Å². The first-order valence-electron chi connectivity index (χ1n) is 6.22. The summed E-state index contributed by atoms with van der Waals surface area (Å²) in [6, 6.07) is 4.85. The highest BCUT2D eigenvalue weighted by molar-refractivity contribution is 7.87. The average Bonchev–Trinajstić information content (AvgIpc) is 2.35. The SMILES string of the molecule is CC(C)N(C)S(=O)(=O)NCCCn1ccccc1=O. The van der Waals surface area contributed by atoms with Gasteiger partial charge in [0.2, 0.25) is 5.56 Å². The molecule has 0 saturated heterocycles. The molecule has 0 radical (unpaired) electrons. The fraction of sp³-hybridized carbons (Fsp3) is 0.583. The van der Waals surface area contributed by atoms with Crippen LogP contribution in [0.2, 0.25) is 0 Å². The van der Waals surface area contributed by atoms with E-state index in [-0.39, 0.29) is 11.6 Å². The third-order valence-corrected chi connectivity index (χ3v) is 4.61. The molecule has 0 aliphatic heterocycles. The van der Waals surface area contributed by atoms with Crippen molar-refractivity contribution in [2.75, 3.05) is 13.6 Å². The largest absolute Gasteiger partial charge is 0.315 e. The van der Waals surface area contributed by atoms with E-state index in [9.17, 15) is 13.2 Å². The zero-order chi connectivity index (χ0) is 14.5. The second-order valence-electron chi connectivity index (χ2n) is 4.60. The second kappa shape index (κ2) is 6.83. The maximum atomic E-state index is 11.8. The van der Waals surface area contributed by atoms with Crippen molar-refractivity contribution in [1.82, 2.24) is 13.6 Å². The van der Waals surface area contributed by atoms with Crippen LogP contribution in [0, 0.1) is 0 Å². The Morgan fingerprint density at radius 1 is 1.37 bits per heavy atom. The highest BCUT2D eigenvalue weighted by Gasteiger charge is 2.19. The number of nitrogens with zero attached hydrogens (tertiary/aromatic N) is 2. The number of hydrogen-bond acceptors (Lipinski definition) is 3. The van der Waals surface area contributed by atoms with Gasteiger partial charge >= 0.3 is 0 Å². The van der Waals surface area contributed by atoms with Gasteiger partial charge in [-0.15, -0.1) is 0 Å². The van der Waals surface area contributed by atoms with E-state index in [1.807, 2.05) is 13.8 Å². The Hall–Kier alpha value is -1.18. The maximum Gasteiger partial charge on any atom is 0.279 e. The predicted octanol–water partition coefficient (Wildman–Crippen LogP) is 0.413. The summed E-state index contributed by atoms with van der Waals surface area (Å²) in [4.78, 5) is 11.4. The molecule has 0 amide bonds. The van der Waals surface area contributed by atoms with Crippen LogP contribution >= 0.6 is 0 Å². The first-order chi connectivity index (χ1) is 8.84. The number of aryl methyl sites for hydroxylation is 1. The average molecular weight is 287 g/mol. The molecule has 0 aromatic carbocycles.